The lowest BCUT2D eigenvalue weighted by Crippen LogP contribution is -2.33. The quantitative estimate of drug-likeness (QED) is 0.559. The van der Waals surface area contributed by atoms with E-state index in [2.05, 4.69) is 0 Å². The summed E-state index contributed by atoms with van der Waals surface area (Å²) in [7, 11) is -3.62. The lowest BCUT2D eigenvalue weighted by atomic mass is 9.98. The van der Waals surface area contributed by atoms with Gasteiger partial charge < -0.3 is 4.74 Å². The Morgan fingerprint density at radius 2 is 1.79 bits per heavy atom. The van der Waals surface area contributed by atoms with Crippen LogP contribution in [-0.4, -0.2) is 38.4 Å². The van der Waals surface area contributed by atoms with Gasteiger partial charge >= 0.3 is 5.97 Å². The maximum Gasteiger partial charge on any atom is 0.338 e. The zero-order valence-corrected chi connectivity index (χ0v) is 17.4. The third-order valence-corrected chi connectivity index (χ3v) is 7.50. The summed E-state index contributed by atoms with van der Waals surface area (Å²) in [6.07, 6.45) is 4.95. The maximum absolute atomic E-state index is 13.3. The molecule has 3 bridgehead atoms. The van der Waals surface area contributed by atoms with Crippen LogP contribution < -0.4 is 0 Å². The molecule has 0 N–H and O–H groups in total. The summed E-state index contributed by atoms with van der Waals surface area (Å²) >= 11 is 0. The zero-order valence-electron chi connectivity index (χ0n) is 16.6. The molecule has 0 saturated heterocycles. The fourth-order valence-electron chi connectivity index (χ4n) is 3.82. The van der Waals surface area contributed by atoms with Crippen LogP contribution in [0.15, 0.2) is 59.0 Å². The van der Waals surface area contributed by atoms with Crippen LogP contribution in [0.4, 0.5) is 0 Å². The highest BCUT2D eigenvalue weighted by Crippen LogP contribution is 2.24. The second-order valence-electron chi connectivity index (χ2n) is 7.71. The molecule has 0 amide bonds. The van der Waals surface area contributed by atoms with Gasteiger partial charge in [0, 0.05) is 13.1 Å². The molecule has 0 aliphatic carbocycles. The van der Waals surface area contributed by atoms with Crippen LogP contribution in [0.25, 0.3) is 0 Å². The average molecular weight is 412 g/mol. The molecule has 5 nitrogen and oxygen atoms in total. The topological polar surface area (TPSA) is 63.7 Å². The molecule has 0 unspecified atom stereocenters. The lowest BCUT2D eigenvalue weighted by molar-refractivity contribution is 0.0537. The van der Waals surface area contributed by atoms with E-state index in [1.165, 1.54) is 4.31 Å². The minimum absolute atomic E-state index is 0.209. The minimum atomic E-state index is -3.62. The fourth-order valence-corrected chi connectivity index (χ4v) is 5.20. The van der Waals surface area contributed by atoms with Crippen molar-refractivity contribution >= 4 is 16.0 Å². The summed E-state index contributed by atoms with van der Waals surface area (Å²) in [5.74, 6) is -0.292. The fraction of sp³-hybridized carbons (Fsp3) is 0.348. The van der Waals surface area contributed by atoms with Crippen LogP contribution in [-0.2, 0) is 27.6 Å². The normalized spacial score (nSPS) is 18.2. The molecule has 2 aliphatic rings. The highest BCUT2D eigenvalue weighted by atomic mass is 32.2. The highest BCUT2D eigenvalue weighted by molar-refractivity contribution is 7.89. The zero-order chi connectivity index (χ0) is 20.4. The molecule has 0 aromatic heterocycles. The summed E-state index contributed by atoms with van der Waals surface area (Å²) in [6, 6.07) is 12.8. The van der Waals surface area contributed by atoms with Gasteiger partial charge in [-0.15, -0.1) is 0 Å². The number of hydrogen-bond acceptors (Lipinski definition) is 4. The Balaban J connectivity index is 1.73. The van der Waals surface area contributed by atoms with Crippen molar-refractivity contribution in [1.29, 1.82) is 0 Å². The Bertz CT molecular complexity index is 1050. The predicted molar refractivity (Wildman–Crippen MR) is 111 cm³/mol. The van der Waals surface area contributed by atoms with Gasteiger partial charge in [-0.2, -0.15) is 4.31 Å². The van der Waals surface area contributed by atoms with Gasteiger partial charge in [-0.25, -0.2) is 13.2 Å². The van der Waals surface area contributed by atoms with E-state index in [1.807, 2.05) is 43.3 Å². The molecule has 4 rings (SSSR count). The van der Waals surface area contributed by atoms with Crippen LogP contribution in [0.2, 0.25) is 0 Å². The van der Waals surface area contributed by atoms with E-state index >= 15 is 0 Å². The summed E-state index contributed by atoms with van der Waals surface area (Å²) < 4.78 is 33.6. The summed E-state index contributed by atoms with van der Waals surface area (Å²) in [4.78, 5) is 12.8. The molecule has 0 atom stereocenters. The smallest absolute Gasteiger partial charge is 0.338 e. The molecule has 152 valence electrons. The van der Waals surface area contributed by atoms with Crippen molar-refractivity contribution in [3.05, 3.63) is 76.4 Å². The number of benzene rings is 2. The van der Waals surface area contributed by atoms with E-state index < -0.39 is 10.0 Å². The van der Waals surface area contributed by atoms with Crippen molar-refractivity contribution in [2.45, 2.75) is 37.5 Å². The Morgan fingerprint density at radius 1 is 1.00 bits per heavy atom. The molecule has 2 aliphatic heterocycles. The van der Waals surface area contributed by atoms with E-state index in [9.17, 15) is 13.2 Å². The highest BCUT2D eigenvalue weighted by Gasteiger charge is 2.25. The Kier molecular flexibility index (Phi) is 5.56. The van der Waals surface area contributed by atoms with E-state index in [1.54, 1.807) is 12.1 Å². The van der Waals surface area contributed by atoms with Crippen molar-refractivity contribution in [3.8, 4) is 0 Å². The van der Waals surface area contributed by atoms with Crippen LogP contribution in [0.1, 0.15) is 39.9 Å². The number of carbonyl (C=O) groups excluding carboxylic acids is 1. The third-order valence-electron chi connectivity index (χ3n) is 5.62. The van der Waals surface area contributed by atoms with Gasteiger partial charge in [0.2, 0.25) is 10.0 Å². The number of nitrogens with zero attached hydrogens (tertiary/aromatic N) is 1. The Morgan fingerprint density at radius 3 is 2.59 bits per heavy atom. The second-order valence-corrected chi connectivity index (χ2v) is 9.65. The second kappa shape index (κ2) is 8.13. The lowest BCUT2D eigenvalue weighted by Gasteiger charge is -2.22. The summed E-state index contributed by atoms with van der Waals surface area (Å²) in [5.41, 5.74) is 4.54. The van der Waals surface area contributed by atoms with Gasteiger partial charge in [-0.05, 0) is 67.5 Å². The molecule has 29 heavy (non-hydrogen) atoms. The van der Waals surface area contributed by atoms with E-state index in [4.69, 9.17) is 4.74 Å². The minimum Gasteiger partial charge on any atom is -0.458 e. The molecule has 0 saturated carbocycles. The Hall–Kier alpha value is -2.44. The average Bonchev–Trinajstić information content (AvgIpc) is 2.79. The van der Waals surface area contributed by atoms with Crippen LogP contribution in [0, 0.1) is 6.92 Å². The number of sulfonamides is 1. The van der Waals surface area contributed by atoms with Crippen molar-refractivity contribution in [2.24, 2.45) is 0 Å². The van der Waals surface area contributed by atoms with E-state index in [-0.39, 0.29) is 19.1 Å². The van der Waals surface area contributed by atoms with Gasteiger partial charge in [0.1, 0.15) is 6.61 Å². The van der Waals surface area contributed by atoms with Gasteiger partial charge in [0.25, 0.3) is 0 Å². The van der Waals surface area contributed by atoms with Gasteiger partial charge in [0.15, 0.2) is 0 Å². The monoisotopic (exact) mass is 411 g/mol. The van der Waals surface area contributed by atoms with E-state index in [0.717, 1.165) is 41.5 Å². The van der Waals surface area contributed by atoms with Crippen LogP contribution >= 0.6 is 0 Å². The summed E-state index contributed by atoms with van der Waals surface area (Å²) in [5, 5.41) is 0. The van der Waals surface area contributed by atoms with Gasteiger partial charge in [-0.1, -0.05) is 35.9 Å². The SMILES string of the molecule is Cc1ccc(S(=O)(=O)N2CC=C3CCCc4ccc(cc4C(=O)OC3)CC2)cc1. The predicted octanol–water partition coefficient (Wildman–Crippen LogP) is 3.66. The Labute approximate surface area is 172 Å². The van der Waals surface area contributed by atoms with Gasteiger partial charge in [-0.3, -0.25) is 0 Å². The van der Waals surface area contributed by atoms with Gasteiger partial charge in [0.05, 0.1) is 10.5 Å². The molecule has 2 heterocycles. The first-order chi connectivity index (χ1) is 13.9. The first-order valence-electron chi connectivity index (χ1n) is 9.97. The molecule has 6 heteroatoms. The standard InChI is InChI=1S/C23H25NO4S/c1-17-5-9-21(10-6-17)29(26,27)24-13-11-18-7-8-20-4-2-3-19(12-14-24)16-28-23(25)22(20)15-18/h5-10,12,15H,2-4,11,13-14,16H2,1H3. The first kappa shape index (κ1) is 19.9. The maximum atomic E-state index is 13.3. The van der Waals surface area contributed by atoms with Crippen molar-refractivity contribution in [2.75, 3.05) is 19.7 Å². The van der Waals surface area contributed by atoms with Crippen LogP contribution in [0.3, 0.4) is 0 Å². The number of fused-ring (bicyclic) bond motifs is 4. The number of ether oxygens (including phenoxy) is 1. The largest absolute Gasteiger partial charge is 0.458 e. The van der Waals surface area contributed by atoms with Crippen LogP contribution in [0.5, 0.6) is 0 Å². The number of esters is 1. The molecule has 0 spiro atoms. The molecule has 2 aromatic rings. The number of carbonyl (C=O) groups is 1. The van der Waals surface area contributed by atoms with Crippen molar-refractivity contribution in [3.63, 3.8) is 0 Å². The third kappa shape index (κ3) is 4.28. The number of aryl methyl sites for hydroxylation is 2. The number of hydrogen-bond donors (Lipinski definition) is 0. The first-order valence-corrected chi connectivity index (χ1v) is 11.4. The number of rotatable bonds is 2. The van der Waals surface area contributed by atoms with Crippen molar-refractivity contribution < 1.29 is 17.9 Å². The molecular weight excluding hydrogens is 386 g/mol. The molecule has 0 fully saturated rings. The summed E-state index contributed by atoms with van der Waals surface area (Å²) in [6.45, 7) is 2.77. The van der Waals surface area contributed by atoms with Crippen molar-refractivity contribution in [1.82, 2.24) is 4.31 Å². The molecular formula is C23H25NO4S. The molecule has 2 aromatic carbocycles. The molecule has 0 radical (unpaired) electrons. The van der Waals surface area contributed by atoms with E-state index in [0.29, 0.717) is 23.4 Å².